The monoisotopic (exact) mass is 196 g/mol. The number of benzene rings is 1. The van der Waals surface area contributed by atoms with Gasteiger partial charge in [-0.25, -0.2) is 4.84 Å². The highest BCUT2D eigenvalue weighted by Gasteiger charge is 2.16. The zero-order valence-electron chi connectivity index (χ0n) is 7.32. The Labute approximate surface area is 78.0 Å². The maximum atomic E-state index is 13.0. The largest absolute Gasteiger partial charge is 0.317 e. The van der Waals surface area contributed by atoms with Gasteiger partial charge in [0.25, 0.3) is 4.92 Å². The van der Waals surface area contributed by atoms with Crippen LogP contribution < -0.4 is 0 Å². The van der Waals surface area contributed by atoms with E-state index < -0.39 is 5.95 Å². The van der Waals surface area contributed by atoms with Gasteiger partial charge in [0.2, 0.25) is 5.95 Å². The van der Waals surface area contributed by atoms with Crippen molar-refractivity contribution >= 4 is 16.6 Å². The Morgan fingerprint density at radius 1 is 1.57 bits per heavy atom. The number of aromatic amines is 1. The summed E-state index contributed by atoms with van der Waals surface area (Å²) in [6.07, 6.45) is 0. The highest BCUT2D eigenvalue weighted by atomic mass is 19.1. The van der Waals surface area contributed by atoms with Crippen LogP contribution in [0, 0.1) is 10.9 Å². The molecule has 0 fully saturated rings. The molecule has 0 bridgehead atoms. The first-order valence-corrected chi connectivity index (χ1v) is 3.87. The van der Waals surface area contributed by atoms with E-state index in [1.165, 1.54) is 25.3 Å². The highest BCUT2D eigenvalue weighted by molar-refractivity contribution is 5.80. The van der Waals surface area contributed by atoms with Crippen LogP contribution >= 0.6 is 0 Å². The van der Waals surface area contributed by atoms with Gasteiger partial charge in [-0.15, -0.1) is 0 Å². The van der Waals surface area contributed by atoms with E-state index in [4.69, 9.17) is 0 Å². The Bertz CT molecular complexity index is 494. The minimum Gasteiger partial charge on any atom is -0.252 e. The van der Waals surface area contributed by atoms with Gasteiger partial charge in [-0.2, -0.15) is 9.49 Å². The molecule has 1 aromatic carbocycles. The molecule has 0 aliphatic heterocycles. The Hall–Kier alpha value is -1.98. The van der Waals surface area contributed by atoms with Gasteiger partial charge in [-0.05, 0) is 6.07 Å². The van der Waals surface area contributed by atoms with Crippen molar-refractivity contribution in [2.75, 3.05) is 7.11 Å². The van der Waals surface area contributed by atoms with Crippen molar-refractivity contribution in [3.05, 3.63) is 29.1 Å². The van der Waals surface area contributed by atoms with Crippen molar-refractivity contribution < 1.29 is 14.2 Å². The lowest BCUT2D eigenvalue weighted by atomic mass is 10.2. The molecule has 1 heterocycles. The molecule has 0 aliphatic rings. The molecule has 0 radical (unpaired) electrons. The fourth-order valence-electron chi connectivity index (χ4n) is 1.19. The summed E-state index contributed by atoms with van der Waals surface area (Å²) in [5.41, 5.74) is 0.691. The summed E-state index contributed by atoms with van der Waals surface area (Å²) in [6.45, 7) is 0. The Morgan fingerprint density at radius 3 is 3.07 bits per heavy atom. The van der Waals surface area contributed by atoms with Crippen LogP contribution in [0.1, 0.15) is 0 Å². The van der Waals surface area contributed by atoms with E-state index >= 15 is 0 Å². The number of halogens is 1. The lowest BCUT2D eigenvalue weighted by molar-refractivity contribution is -0.736. The molecule has 5 nitrogen and oxygen atoms in total. The zero-order chi connectivity index (χ0) is 10.1. The van der Waals surface area contributed by atoms with Crippen LogP contribution in [0.3, 0.4) is 0 Å². The van der Waals surface area contributed by atoms with Gasteiger partial charge >= 0.3 is 5.69 Å². The van der Waals surface area contributed by atoms with Crippen LogP contribution in [0.4, 0.5) is 10.1 Å². The van der Waals surface area contributed by atoms with Crippen molar-refractivity contribution in [2.24, 2.45) is 0 Å². The average Bonchev–Trinajstić information content (AvgIpc) is 2.59. The van der Waals surface area contributed by atoms with Crippen molar-refractivity contribution in [3.8, 4) is 0 Å². The molecule has 14 heavy (non-hydrogen) atoms. The fraction of sp³-hybridized carbons (Fsp3) is 0.125. The first-order chi connectivity index (χ1) is 6.72. The predicted molar refractivity (Wildman–Crippen MR) is 46.3 cm³/mol. The van der Waals surface area contributed by atoms with E-state index in [0.717, 1.165) is 0 Å². The van der Waals surface area contributed by atoms with Crippen molar-refractivity contribution in [2.45, 2.75) is 0 Å². The molecule has 72 valence electrons. The molecule has 1 N–H and O–H groups in total. The second-order valence-corrected chi connectivity index (χ2v) is 2.68. The van der Waals surface area contributed by atoms with Crippen LogP contribution in [0.15, 0.2) is 18.2 Å². The van der Waals surface area contributed by atoms with Gasteiger partial charge in [0.15, 0.2) is 7.11 Å². The molecule has 0 saturated heterocycles. The normalized spacial score (nSPS) is 10.4. The molecule has 0 spiro atoms. The summed E-state index contributed by atoms with van der Waals surface area (Å²) < 4.78 is 13.0. The average molecular weight is 196 g/mol. The second kappa shape index (κ2) is 3.06. The van der Waals surface area contributed by atoms with E-state index in [9.17, 15) is 9.30 Å². The Balaban J connectivity index is 2.60. The van der Waals surface area contributed by atoms with Crippen molar-refractivity contribution in [1.29, 1.82) is 0 Å². The maximum absolute atomic E-state index is 13.0. The number of hydrogen-bond acceptors (Lipinski definition) is 3. The van der Waals surface area contributed by atoms with Gasteiger partial charge in [0.1, 0.15) is 0 Å². The second-order valence-electron chi connectivity index (χ2n) is 2.68. The van der Waals surface area contributed by atoms with Crippen molar-refractivity contribution in [1.82, 2.24) is 10.2 Å². The van der Waals surface area contributed by atoms with E-state index in [2.05, 4.69) is 15.0 Å². The zero-order valence-corrected chi connectivity index (χ0v) is 7.32. The summed E-state index contributed by atoms with van der Waals surface area (Å²) in [5.74, 6) is -0.564. The lowest BCUT2D eigenvalue weighted by Crippen LogP contribution is -1.97. The number of fused-ring (bicyclic) bond motifs is 1. The predicted octanol–water partition coefficient (Wildman–Crippen LogP) is 1.67. The summed E-state index contributed by atoms with van der Waals surface area (Å²) in [4.78, 5) is 15.8. The standard InChI is InChI=1S/C8H7FN3O2/c1-14-12(13)5-2-3-7-6(4-5)8(9)11-10-7/h2-4H,1H3,(H,10,11)/q+1. The molecule has 1 aromatic heterocycles. The van der Waals surface area contributed by atoms with Gasteiger partial charge in [0, 0.05) is 12.1 Å². The summed E-state index contributed by atoms with van der Waals surface area (Å²) in [7, 11) is 1.24. The molecule has 0 atom stereocenters. The third-order valence-electron chi connectivity index (χ3n) is 1.87. The molecule has 2 rings (SSSR count). The number of H-pyrrole nitrogens is 1. The maximum Gasteiger partial charge on any atom is 0.317 e. The summed E-state index contributed by atoms with van der Waals surface area (Å²) in [5, 5.41) is 6.13. The Kier molecular flexibility index (Phi) is 1.88. The van der Waals surface area contributed by atoms with Crippen molar-refractivity contribution in [3.63, 3.8) is 0 Å². The van der Waals surface area contributed by atoms with Crippen LogP contribution in [-0.2, 0) is 4.84 Å². The molecular weight excluding hydrogens is 189 g/mol. The smallest absolute Gasteiger partial charge is 0.252 e. The lowest BCUT2D eigenvalue weighted by Gasteiger charge is -1.88. The number of aromatic nitrogens is 2. The van der Waals surface area contributed by atoms with Gasteiger partial charge in [-0.1, -0.05) is 0 Å². The van der Waals surface area contributed by atoms with Crippen LogP contribution in [0.2, 0.25) is 0 Å². The van der Waals surface area contributed by atoms with Crippen LogP contribution in [0.25, 0.3) is 10.9 Å². The quantitative estimate of drug-likeness (QED) is 0.743. The first-order valence-electron chi connectivity index (χ1n) is 3.87. The van der Waals surface area contributed by atoms with Crippen LogP contribution in [-0.4, -0.2) is 22.2 Å². The SMILES string of the molecule is CO[N+](=O)c1ccc2n[nH]c(F)c2c1. The molecule has 0 saturated carbocycles. The molecule has 2 aromatic rings. The minimum atomic E-state index is -0.564. The van der Waals surface area contributed by atoms with E-state index in [1.54, 1.807) is 0 Å². The van der Waals surface area contributed by atoms with Gasteiger partial charge < -0.3 is 0 Å². The highest BCUT2D eigenvalue weighted by Crippen LogP contribution is 2.21. The Morgan fingerprint density at radius 2 is 2.36 bits per heavy atom. The fourth-order valence-corrected chi connectivity index (χ4v) is 1.19. The third kappa shape index (κ3) is 1.20. The minimum absolute atomic E-state index is 0.223. The van der Waals surface area contributed by atoms with E-state index in [-0.39, 0.29) is 11.1 Å². The number of rotatable bonds is 2. The number of nitrogens with zero attached hydrogens (tertiary/aromatic N) is 2. The summed E-state index contributed by atoms with van der Waals surface area (Å²) in [6, 6.07) is 4.40. The molecule has 0 aliphatic carbocycles. The van der Waals surface area contributed by atoms with Gasteiger partial charge in [0.05, 0.1) is 15.8 Å². The van der Waals surface area contributed by atoms with Crippen LogP contribution in [0.5, 0.6) is 0 Å². The van der Waals surface area contributed by atoms with Gasteiger partial charge in [-0.3, -0.25) is 5.10 Å². The topological polar surface area (TPSA) is 58.0 Å². The third-order valence-corrected chi connectivity index (χ3v) is 1.87. The molecular formula is C8H7FN3O2+. The molecule has 6 heteroatoms. The van der Waals surface area contributed by atoms with E-state index in [0.29, 0.717) is 10.4 Å². The number of hydrogen-bond donors (Lipinski definition) is 1. The number of nitrogens with one attached hydrogen (secondary N) is 1. The first kappa shape index (κ1) is 8.61. The summed E-state index contributed by atoms with van der Waals surface area (Å²) >= 11 is 0. The molecule has 0 amide bonds. The van der Waals surface area contributed by atoms with E-state index in [1.807, 2.05) is 0 Å². The molecule has 0 unspecified atom stereocenters.